The Morgan fingerprint density at radius 3 is 2.47 bits per heavy atom. The summed E-state index contributed by atoms with van der Waals surface area (Å²) in [5, 5.41) is 15.9. The molecule has 0 radical (unpaired) electrons. The molecule has 0 aliphatic carbocycles. The molecule has 0 aliphatic heterocycles. The molecule has 0 aromatic heterocycles. The molecule has 0 bridgehead atoms. The van der Waals surface area contributed by atoms with Crippen LogP contribution in [0.2, 0.25) is 0 Å². The van der Waals surface area contributed by atoms with E-state index in [0.29, 0.717) is 6.54 Å². The summed E-state index contributed by atoms with van der Waals surface area (Å²) in [5.74, 6) is 0.219. The van der Waals surface area contributed by atoms with E-state index in [0.717, 1.165) is 10.2 Å². The fourth-order valence-corrected chi connectivity index (χ4v) is 2.19. The first-order valence-corrected chi connectivity index (χ1v) is 7.33. The molecule has 0 fully saturated rings. The van der Waals surface area contributed by atoms with Gasteiger partial charge >= 0.3 is 0 Å². The smallest absolute Gasteiger partial charge is 0.0813 e. The molecule has 0 aliphatic rings. The normalized spacial score (nSPS) is 14.6. The van der Waals surface area contributed by atoms with Crippen LogP contribution in [-0.2, 0) is 0 Å². The minimum absolute atomic E-state index is 0.219. The highest BCUT2D eigenvalue weighted by molar-refractivity contribution is 9.10. The highest BCUT2D eigenvalue weighted by Crippen LogP contribution is 2.24. The van der Waals surface area contributed by atoms with Gasteiger partial charge < -0.3 is 10.4 Å². The number of aliphatic hydroxyl groups is 1. The van der Waals surface area contributed by atoms with Crippen molar-refractivity contribution in [1.82, 2.24) is 0 Å². The van der Waals surface area contributed by atoms with Gasteiger partial charge in [0.15, 0.2) is 0 Å². The highest BCUT2D eigenvalue weighted by atomic mass is 79.9. The maximum absolute atomic E-state index is 10.2. The van der Waals surface area contributed by atoms with Gasteiger partial charge in [0.2, 0.25) is 0 Å². The van der Waals surface area contributed by atoms with Gasteiger partial charge in [-0.2, -0.15) is 0 Å². The van der Waals surface area contributed by atoms with Gasteiger partial charge in [-0.15, -0.1) is 0 Å². The van der Waals surface area contributed by atoms with E-state index >= 15 is 0 Å². The van der Waals surface area contributed by atoms with Crippen molar-refractivity contribution in [3.8, 4) is 0 Å². The Balaban J connectivity index is 2.16. The minimum Gasteiger partial charge on any atom is -0.388 e. The lowest BCUT2D eigenvalue weighted by Gasteiger charge is -2.28. The van der Waals surface area contributed by atoms with E-state index in [1.54, 1.807) is 0 Å². The minimum atomic E-state index is -0.700. The zero-order valence-corrected chi connectivity index (χ0v) is 13.2. The third kappa shape index (κ3) is 3.48. The van der Waals surface area contributed by atoms with E-state index in [2.05, 4.69) is 45.5 Å². The number of hydrogen-bond acceptors (Lipinski definition) is 2. The van der Waals surface area contributed by atoms with Crippen LogP contribution in [-0.4, -0.2) is 17.3 Å². The van der Waals surface area contributed by atoms with Crippen LogP contribution in [0, 0.1) is 5.92 Å². The summed E-state index contributed by atoms with van der Waals surface area (Å²) < 4.78 is 1.09. The zero-order chi connectivity index (χ0) is 14.0. The molecule has 3 heteroatoms. The molecule has 2 aromatic carbocycles. The Bertz CT molecular complexity index is 578. The van der Waals surface area contributed by atoms with Gasteiger partial charge in [-0.25, -0.2) is 0 Å². The average molecular weight is 322 g/mol. The molecule has 0 heterocycles. The molecule has 1 atom stereocenters. The summed E-state index contributed by atoms with van der Waals surface area (Å²) in [6.07, 6.45) is 0. The number of rotatable bonds is 4. The number of anilines is 1. The molecule has 2 aromatic rings. The first-order chi connectivity index (χ1) is 8.88. The molecule has 2 N–H and O–H groups in total. The van der Waals surface area contributed by atoms with Crippen LogP contribution in [0.5, 0.6) is 0 Å². The van der Waals surface area contributed by atoms with Crippen LogP contribution in [0.4, 0.5) is 5.69 Å². The van der Waals surface area contributed by atoms with Gasteiger partial charge in [0.1, 0.15) is 0 Å². The molecule has 19 heavy (non-hydrogen) atoms. The first kappa shape index (κ1) is 14.4. The summed E-state index contributed by atoms with van der Waals surface area (Å²) in [4.78, 5) is 0. The topological polar surface area (TPSA) is 32.3 Å². The quantitative estimate of drug-likeness (QED) is 0.873. The largest absolute Gasteiger partial charge is 0.388 e. The molecular formula is C16H20BrNO. The molecule has 102 valence electrons. The lowest BCUT2D eigenvalue weighted by atomic mass is 9.92. The van der Waals surface area contributed by atoms with E-state index in [9.17, 15) is 5.11 Å². The van der Waals surface area contributed by atoms with E-state index in [-0.39, 0.29) is 5.92 Å². The van der Waals surface area contributed by atoms with Crippen LogP contribution in [0.3, 0.4) is 0 Å². The second kappa shape index (κ2) is 5.51. The Kier molecular flexibility index (Phi) is 4.16. The molecule has 0 saturated heterocycles. The Labute approximate surface area is 123 Å². The van der Waals surface area contributed by atoms with Gasteiger partial charge in [-0.1, -0.05) is 41.9 Å². The zero-order valence-electron chi connectivity index (χ0n) is 11.6. The monoisotopic (exact) mass is 321 g/mol. The lowest BCUT2D eigenvalue weighted by Crippen LogP contribution is -2.38. The van der Waals surface area contributed by atoms with Crippen molar-refractivity contribution in [2.45, 2.75) is 26.4 Å². The van der Waals surface area contributed by atoms with Crippen LogP contribution in [0.25, 0.3) is 10.8 Å². The summed E-state index contributed by atoms with van der Waals surface area (Å²) >= 11 is 3.47. The van der Waals surface area contributed by atoms with E-state index in [1.807, 2.05) is 32.9 Å². The standard InChI is InChI=1S/C16H20BrNO/c1-11(2)16(3,19)10-18-15-7-5-12-8-14(17)6-4-13(12)9-15/h4-9,11,18-19H,10H2,1-3H3. The predicted molar refractivity (Wildman–Crippen MR) is 85.6 cm³/mol. The molecule has 0 amide bonds. The molecule has 2 rings (SSSR count). The first-order valence-electron chi connectivity index (χ1n) is 6.54. The Hall–Kier alpha value is -1.06. The molecule has 1 unspecified atom stereocenters. The van der Waals surface area contributed by atoms with E-state index < -0.39 is 5.60 Å². The summed E-state index contributed by atoms with van der Waals surface area (Å²) in [6, 6.07) is 12.5. The fourth-order valence-electron chi connectivity index (χ4n) is 1.81. The number of halogens is 1. The Morgan fingerprint density at radius 2 is 1.79 bits per heavy atom. The summed E-state index contributed by atoms with van der Waals surface area (Å²) in [5.41, 5.74) is 0.338. The van der Waals surface area contributed by atoms with Gasteiger partial charge in [0, 0.05) is 16.7 Å². The van der Waals surface area contributed by atoms with Gasteiger partial charge in [-0.3, -0.25) is 0 Å². The van der Waals surface area contributed by atoms with Gasteiger partial charge in [0.25, 0.3) is 0 Å². The molecule has 2 nitrogen and oxygen atoms in total. The van der Waals surface area contributed by atoms with Gasteiger partial charge in [0.05, 0.1) is 5.60 Å². The van der Waals surface area contributed by atoms with Crippen molar-refractivity contribution in [2.75, 3.05) is 11.9 Å². The Morgan fingerprint density at radius 1 is 1.16 bits per heavy atom. The van der Waals surface area contributed by atoms with Crippen molar-refractivity contribution in [1.29, 1.82) is 0 Å². The van der Waals surface area contributed by atoms with E-state index in [1.165, 1.54) is 10.8 Å². The van der Waals surface area contributed by atoms with Crippen molar-refractivity contribution >= 4 is 32.4 Å². The summed E-state index contributed by atoms with van der Waals surface area (Å²) in [6.45, 7) is 6.47. The van der Waals surface area contributed by atoms with Crippen LogP contribution >= 0.6 is 15.9 Å². The van der Waals surface area contributed by atoms with Crippen molar-refractivity contribution in [3.63, 3.8) is 0 Å². The molecule has 0 saturated carbocycles. The van der Waals surface area contributed by atoms with E-state index in [4.69, 9.17) is 0 Å². The van der Waals surface area contributed by atoms with Crippen molar-refractivity contribution < 1.29 is 5.11 Å². The van der Waals surface area contributed by atoms with Crippen LogP contribution in [0.1, 0.15) is 20.8 Å². The lowest BCUT2D eigenvalue weighted by molar-refractivity contribution is 0.0266. The maximum Gasteiger partial charge on any atom is 0.0813 e. The third-order valence-corrected chi connectivity index (χ3v) is 4.19. The fraction of sp³-hybridized carbons (Fsp3) is 0.375. The maximum atomic E-state index is 10.2. The SMILES string of the molecule is CC(C)C(C)(O)CNc1ccc2cc(Br)ccc2c1. The number of nitrogens with one attached hydrogen (secondary N) is 1. The van der Waals surface area contributed by atoms with Gasteiger partial charge in [-0.05, 0) is 47.9 Å². The number of fused-ring (bicyclic) bond motifs is 1. The second-order valence-electron chi connectivity index (χ2n) is 5.57. The molecular weight excluding hydrogens is 302 g/mol. The predicted octanol–water partition coefficient (Wildman–Crippen LogP) is 4.42. The number of hydrogen-bond donors (Lipinski definition) is 2. The highest BCUT2D eigenvalue weighted by Gasteiger charge is 2.24. The average Bonchev–Trinajstić information content (AvgIpc) is 2.36. The summed E-state index contributed by atoms with van der Waals surface area (Å²) in [7, 11) is 0. The van der Waals surface area contributed by atoms with Crippen LogP contribution < -0.4 is 5.32 Å². The molecule has 0 spiro atoms. The van der Waals surface area contributed by atoms with Crippen LogP contribution in [0.15, 0.2) is 40.9 Å². The van der Waals surface area contributed by atoms with Crippen molar-refractivity contribution in [2.24, 2.45) is 5.92 Å². The number of benzene rings is 2. The second-order valence-corrected chi connectivity index (χ2v) is 6.49. The third-order valence-electron chi connectivity index (χ3n) is 3.70. The van der Waals surface area contributed by atoms with Crippen molar-refractivity contribution in [3.05, 3.63) is 40.9 Å².